The van der Waals surface area contributed by atoms with Gasteiger partial charge in [-0.2, -0.15) is 0 Å². The fourth-order valence-corrected chi connectivity index (χ4v) is 1.43. The summed E-state index contributed by atoms with van der Waals surface area (Å²) in [5, 5.41) is 0. The molecule has 0 spiro atoms. The largest absolute Gasteiger partial charge is 0.303 e. The van der Waals surface area contributed by atoms with Crippen LogP contribution >= 0.6 is 0 Å². The van der Waals surface area contributed by atoms with Gasteiger partial charge in [0.15, 0.2) is 6.29 Å². The van der Waals surface area contributed by atoms with Crippen molar-refractivity contribution in [2.24, 2.45) is 0 Å². The third-order valence-corrected chi connectivity index (χ3v) is 2.21. The zero-order valence-corrected chi connectivity index (χ0v) is 8.11. The molecule has 80 valence electrons. The van der Waals surface area contributed by atoms with Gasteiger partial charge in [0.05, 0.1) is 0 Å². The van der Waals surface area contributed by atoms with Gasteiger partial charge in [-0.3, -0.25) is 4.79 Å². The second-order valence-electron chi connectivity index (χ2n) is 3.19. The molecule has 0 fully saturated rings. The first-order chi connectivity index (χ1) is 7.11. The molecule has 0 heterocycles. The maximum absolute atomic E-state index is 12.7. The summed E-state index contributed by atoms with van der Waals surface area (Å²) in [5.74, 6) is -0.631. The highest BCUT2D eigenvalue weighted by Gasteiger charge is 2.20. The molecule has 2 nitrogen and oxygen atoms in total. The second kappa shape index (κ2) is 4.77. The van der Waals surface area contributed by atoms with Crippen LogP contribution in [0.4, 0.5) is 8.78 Å². The number of carbonyl (C=O) groups excluding carboxylic acids is 2. The van der Waals surface area contributed by atoms with Crippen LogP contribution in [0, 0.1) is 0 Å². The number of aldehydes is 2. The molecule has 0 aliphatic rings. The summed E-state index contributed by atoms with van der Waals surface area (Å²) in [6.07, 6.45) is -1.79. The van der Waals surface area contributed by atoms with Crippen molar-refractivity contribution >= 4 is 12.6 Å². The Bertz CT molecular complexity index is 375. The monoisotopic (exact) mass is 212 g/mol. The molecule has 15 heavy (non-hydrogen) atoms. The minimum Gasteiger partial charge on any atom is -0.303 e. The van der Waals surface area contributed by atoms with Crippen LogP contribution in [0.25, 0.3) is 0 Å². The smallest absolute Gasteiger partial charge is 0.264 e. The zero-order valence-electron chi connectivity index (χ0n) is 8.11. The molecule has 0 saturated carbocycles. The van der Waals surface area contributed by atoms with Crippen LogP contribution in [0.3, 0.4) is 0 Å². The molecular weight excluding hydrogens is 202 g/mol. The van der Waals surface area contributed by atoms with Crippen LogP contribution in [0.15, 0.2) is 18.2 Å². The number of carbonyl (C=O) groups is 2. The van der Waals surface area contributed by atoms with Crippen molar-refractivity contribution in [3.05, 3.63) is 34.9 Å². The van der Waals surface area contributed by atoms with E-state index in [0.717, 1.165) is 0 Å². The van der Waals surface area contributed by atoms with Crippen LogP contribution in [0.1, 0.15) is 40.8 Å². The molecular formula is C11H10F2O2. The lowest BCUT2D eigenvalue weighted by atomic mass is 9.93. The van der Waals surface area contributed by atoms with E-state index in [0.29, 0.717) is 12.6 Å². The molecule has 1 aromatic rings. The first-order valence-corrected chi connectivity index (χ1v) is 4.43. The number of alkyl halides is 2. The zero-order chi connectivity index (χ0) is 11.4. The van der Waals surface area contributed by atoms with E-state index >= 15 is 0 Å². The maximum atomic E-state index is 12.7. The third kappa shape index (κ3) is 2.26. The van der Waals surface area contributed by atoms with Gasteiger partial charge in [0.1, 0.15) is 6.29 Å². The summed E-state index contributed by atoms with van der Waals surface area (Å²) in [7, 11) is 0. The van der Waals surface area contributed by atoms with Crippen molar-refractivity contribution < 1.29 is 18.4 Å². The van der Waals surface area contributed by atoms with Crippen molar-refractivity contribution in [1.29, 1.82) is 0 Å². The summed E-state index contributed by atoms with van der Waals surface area (Å²) >= 11 is 0. The molecule has 1 atom stereocenters. The van der Waals surface area contributed by atoms with Gasteiger partial charge in [-0.25, -0.2) is 8.78 Å². The number of hydrogen-bond donors (Lipinski definition) is 0. The normalized spacial score (nSPS) is 12.5. The molecule has 0 aliphatic heterocycles. The first-order valence-electron chi connectivity index (χ1n) is 4.43. The highest BCUT2D eigenvalue weighted by molar-refractivity contribution is 5.79. The Hall–Kier alpha value is -1.58. The predicted octanol–water partition coefficient (Wildman–Crippen LogP) is 2.74. The molecule has 0 N–H and O–H groups in total. The summed E-state index contributed by atoms with van der Waals surface area (Å²) < 4.78 is 25.4. The Morgan fingerprint density at radius 3 is 2.40 bits per heavy atom. The number of halogens is 2. The van der Waals surface area contributed by atoms with Crippen LogP contribution < -0.4 is 0 Å². The van der Waals surface area contributed by atoms with E-state index in [4.69, 9.17) is 0 Å². The Morgan fingerprint density at radius 2 is 1.93 bits per heavy atom. The Morgan fingerprint density at radius 1 is 1.27 bits per heavy atom. The van der Waals surface area contributed by atoms with Gasteiger partial charge >= 0.3 is 0 Å². The molecule has 0 aliphatic carbocycles. The van der Waals surface area contributed by atoms with E-state index < -0.39 is 12.3 Å². The summed E-state index contributed by atoms with van der Waals surface area (Å²) in [4.78, 5) is 21.1. The van der Waals surface area contributed by atoms with Gasteiger partial charge in [-0.15, -0.1) is 0 Å². The fraction of sp³-hybridized carbons (Fsp3) is 0.273. The van der Waals surface area contributed by atoms with Gasteiger partial charge in [-0.05, 0) is 5.56 Å². The highest BCUT2D eigenvalue weighted by Crippen LogP contribution is 2.30. The average Bonchev–Trinajstić information content (AvgIpc) is 2.26. The first kappa shape index (κ1) is 11.5. The topological polar surface area (TPSA) is 34.1 Å². The van der Waals surface area contributed by atoms with Gasteiger partial charge in [0, 0.05) is 17.0 Å². The molecule has 1 aromatic carbocycles. The lowest BCUT2D eigenvalue weighted by molar-refractivity contribution is -0.108. The standard InChI is InChI=1S/C11H10F2O2/c1-7(5-14)9-4-2-3-8(6-15)10(9)11(12)13/h2-7,11H,1H3. The van der Waals surface area contributed by atoms with Crippen molar-refractivity contribution in [2.75, 3.05) is 0 Å². The van der Waals surface area contributed by atoms with Crippen molar-refractivity contribution in [3.8, 4) is 0 Å². The molecule has 4 heteroatoms. The van der Waals surface area contributed by atoms with Crippen molar-refractivity contribution in [2.45, 2.75) is 19.3 Å². The van der Waals surface area contributed by atoms with E-state index in [1.165, 1.54) is 25.1 Å². The predicted molar refractivity (Wildman–Crippen MR) is 51.3 cm³/mol. The minimum atomic E-state index is -2.75. The Balaban J connectivity index is 3.37. The lowest BCUT2D eigenvalue weighted by Gasteiger charge is -2.12. The van der Waals surface area contributed by atoms with Crippen LogP contribution in [0.5, 0.6) is 0 Å². The number of benzene rings is 1. The van der Waals surface area contributed by atoms with E-state index in [9.17, 15) is 18.4 Å². The van der Waals surface area contributed by atoms with E-state index in [1.54, 1.807) is 0 Å². The molecule has 0 radical (unpaired) electrons. The quantitative estimate of drug-likeness (QED) is 0.719. The number of rotatable bonds is 4. The Labute approximate surface area is 85.9 Å². The van der Waals surface area contributed by atoms with E-state index in [1.807, 2.05) is 0 Å². The molecule has 0 amide bonds. The third-order valence-electron chi connectivity index (χ3n) is 2.21. The lowest BCUT2D eigenvalue weighted by Crippen LogP contribution is -2.04. The van der Waals surface area contributed by atoms with E-state index in [2.05, 4.69) is 0 Å². The van der Waals surface area contributed by atoms with Crippen LogP contribution in [0.2, 0.25) is 0 Å². The molecule has 1 unspecified atom stereocenters. The van der Waals surface area contributed by atoms with Crippen molar-refractivity contribution in [3.63, 3.8) is 0 Å². The fourth-order valence-electron chi connectivity index (χ4n) is 1.43. The van der Waals surface area contributed by atoms with Gasteiger partial charge in [0.2, 0.25) is 0 Å². The van der Waals surface area contributed by atoms with Gasteiger partial charge in [-0.1, -0.05) is 25.1 Å². The molecule has 0 bridgehead atoms. The van der Waals surface area contributed by atoms with E-state index in [-0.39, 0.29) is 16.7 Å². The van der Waals surface area contributed by atoms with Crippen LogP contribution in [-0.2, 0) is 4.79 Å². The SMILES string of the molecule is CC(C=O)c1cccc(C=O)c1C(F)F. The molecule has 0 saturated heterocycles. The van der Waals surface area contributed by atoms with Gasteiger partial charge < -0.3 is 4.79 Å². The van der Waals surface area contributed by atoms with Crippen molar-refractivity contribution in [1.82, 2.24) is 0 Å². The number of hydrogen-bond acceptors (Lipinski definition) is 2. The second-order valence-corrected chi connectivity index (χ2v) is 3.19. The minimum absolute atomic E-state index is 0.0591. The van der Waals surface area contributed by atoms with Gasteiger partial charge in [0.25, 0.3) is 6.43 Å². The highest BCUT2D eigenvalue weighted by atomic mass is 19.3. The maximum Gasteiger partial charge on any atom is 0.264 e. The average molecular weight is 212 g/mol. The summed E-state index contributed by atoms with van der Waals surface area (Å²) in [5.41, 5.74) is -0.187. The summed E-state index contributed by atoms with van der Waals surface area (Å²) in [6, 6.07) is 4.24. The molecule has 1 rings (SSSR count). The Kier molecular flexibility index (Phi) is 3.66. The summed E-state index contributed by atoms with van der Waals surface area (Å²) in [6.45, 7) is 1.52. The molecule has 0 aromatic heterocycles. The van der Waals surface area contributed by atoms with Crippen LogP contribution in [-0.4, -0.2) is 12.6 Å².